The van der Waals surface area contributed by atoms with Crippen LogP contribution in [-0.2, 0) is 11.8 Å². The molecule has 0 saturated carbocycles. The number of rotatable bonds is 1. The summed E-state index contributed by atoms with van der Waals surface area (Å²) in [6, 6.07) is 4.70. The van der Waals surface area contributed by atoms with Gasteiger partial charge in [-0.2, -0.15) is 0 Å². The number of methoxy groups -OCH3 is 1. The fourth-order valence-electron chi connectivity index (χ4n) is 5.39. The van der Waals surface area contributed by atoms with E-state index in [0.717, 1.165) is 30.9 Å². The van der Waals surface area contributed by atoms with Crippen molar-refractivity contribution in [3.63, 3.8) is 0 Å². The summed E-state index contributed by atoms with van der Waals surface area (Å²) in [5.41, 5.74) is 2.60. The number of piperidine rings is 1. The smallest absolute Gasteiger partial charge is 0.165 e. The predicted molar refractivity (Wildman–Crippen MR) is 93.8 cm³/mol. The number of benzene rings is 1. The van der Waals surface area contributed by atoms with Crippen molar-refractivity contribution >= 4 is 0 Å². The van der Waals surface area contributed by atoms with E-state index in [0.29, 0.717) is 12.0 Å². The highest BCUT2D eigenvalue weighted by Crippen LogP contribution is 2.62. The third kappa shape index (κ3) is 1.76. The van der Waals surface area contributed by atoms with Crippen molar-refractivity contribution in [1.29, 1.82) is 0 Å². The van der Waals surface area contributed by atoms with Crippen molar-refractivity contribution < 1.29 is 14.6 Å². The predicted octanol–water partition coefficient (Wildman–Crippen LogP) is 2.53. The molecule has 2 aliphatic carbocycles. The maximum absolute atomic E-state index is 10.6. The minimum Gasteiger partial charge on any atom is -0.493 e. The summed E-state index contributed by atoms with van der Waals surface area (Å²) < 4.78 is 11.8. The van der Waals surface area contributed by atoms with E-state index in [1.807, 2.05) is 26.0 Å². The average Bonchev–Trinajstić information content (AvgIpc) is 2.97. The molecular formula is C20H27NO3. The van der Waals surface area contributed by atoms with Crippen LogP contribution in [0.25, 0.3) is 0 Å². The number of likely N-dealkylation sites (tertiary alicyclic amines) is 1. The summed E-state index contributed by atoms with van der Waals surface area (Å²) in [5, 5.41) is 10.6. The molecule has 2 heterocycles. The monoisotopic (exact) mass is 329 g/mol. The van der Waals surface area contributed by atoms with E-state index in [1.54, 1.807) is 7.11 Å². The van der Waals surface area contributed by atoms with Crippen LogP contribution < -0.4 is 9.47 Å². The Hall–Kier alpha value is -1.52. The molecule has 4 aliphatic rings. The van der Waals surface area contributed by atoms with Crippen LogP contribution in [-0.4, -0.2) is 49.0 Å². The number of aliphatic hydroxyl groups is 1. The lowest BCUT2D eigenvalue weighted by Gasteiger charge is -2.56. The molecule has 130 valence electrons. The van der Waals surface area contributed by atoms with Crippen LogP contribution in [0.2, 0.25) is 0 Å². The molecule has 2 aliphatic heterocycles. The standard InChI is InChI=1S/C18H21NO3.C2H6/c1-19-8-7-18-11-4-5-13(20)17(18)22-16-14(21-2)6-3-10(15(16)18)9-12(11)19;1-2/h3-6,11-13,17,20H,7-9H2,1-2H3;1-2H3/t11?,12?,13-,17-,18?;/m0./s1. The third-order valence-electron chi connectivity index (χ3n) is 6.35. The highest BCUT2D eigenvalue weighted by atomic mass is 16.5. The maximum Gasteiger partial charge on any atom is 0.165 e. The first kappa shape index (κ1) is 16.0. The van der Waals surface area contributed by atoms with Gasteiger partial charge in [0, 0.05) is 22.9 Å². The first-order valence-corrected chi connectivity index (χ1v) is 9.10. The summed E-state index contributed by atoms with van der Waals surface area (Å²) >= 11 is 0. The minimum absolute atomic E-state index is 0.0806. The molecule has 1 fully saturated rings. The second-order valence-corrected chi connectivity index (χ2v) is 7.11. The molecule has 5 rings (SSSR count). The molecule has 4 heteroatoms. The third-order valence-corrected chi connectivity index (χ3v) is 6.35. The van der Waals surface area contributed by atoms with E-state index in [9.17, 15) is 5.11 Å². The molecule has 3 unspecified atom stereocenters. The highest BCUT2D eigenvalue weighted by molar-refractivity contribution is 5.62. The lowest BCUT2D eigenvalue weighted by atomic mass is 9.53. The van der Waals surface area contributed by atoms with Crippen molar-refractivity contribution in [2.75, 3.05) is 20.7 Å². The molecule has 1 spiro atoms. The van der Waals surface area contributed by atoms with Crippen molar-refractivity contribution in [2.24, 2.45) is 5.92 Å². The lowest BCUT2D eigenvalue weighted by molar-refractivity contribution is -0.0453. The summed E-state index contributed by atoms with van der Waals surface area (Å²) in [4.78, 5) is 2.47. The van der Waals surface area contributed by atoms with Crippen LogP contribution in [0, 0.1) is 5.92 Å². The normalized spacial score (nSPS) is 37.9. The van der Waals surface area contributed by atoms with Crippen molar-refractivity contribution in [1.82, 2.24) is 4.90 Å². The Labute approximate surface area is 144 Å². The van der Waals surface area contributed by atoms with Gasteiger partial charge in [0.05, 0.1) is 7.11 Å². The Balaban J connectivity index is 0.000000704. The second-order valence-electron chi connectivity index (χ2n) is 7.11. The summed E-state index contributed by atoms with van der Waals surface area (Å²) in [6.45, 7) is 5.05. The first-order valence-electron chi connectivity index (χ1n) is 9.10. The second kappa shape index (κ2) is 5.50. The van der Waals surface area contributed by atoms with Crippen molar-refractivity contribution in [3.05, 3.63) is 35.4 Å². The number of aliphatic hydroxyl groups excluding tert-OH is 1. The molecule has 0 amide bonds. The lowest BCUT2D eigenvalue weighted by Crippen LogP contribution is -2.64. The molecular weight excluding hydrogens is 302 g/mol. The van der Waals surface area contributed by atoms with Gasteiger partial charge in [0.25, 0.3) is 0 Å². The summed E-state index contributed by atoms with van der Waals surface area (Å²) in [7, 11) is 3.91. The van der Waals surface area contributed by atoms with Crippen LogP contribution in [0.3, 0.4) is 0 Å². The fourth-order valence-corrected chi connectivity index (χ4v) is 5.39. The topological polar surface area (TPSA) is 41.9 Å². The molecule has 1 saturated heterocycles. The maximum atomic E-state index is 10.6. The molecule has 1 N–H and O–H groups in total. The molecule has 2 bridgehead atoms. The zero-order valence-electron chi connectivity index (χ0n) is 15.0. The van der Waals surface area contributed by atoms with E-state index >= 15 is 0 Å². The van der Waals surface area contributed by atoms with Gasteiger partial charge in [0.15, 0.2) is 11.5 Å². The van der Waals surface area contributed by atoms with Crippen LogP contribution in [0.1, 0.15) is 31.4 Å². The Morgan fingerprint density at radius 3 is 2.83 bits per heavy atom. The zero-order valence-corrected chi connectivity index (χ0v) is 15.0. The van der Waals surface area contributed by atoms with Gasteiger partial charge in [0.2, 0.25) is 0 Å². The number of nitrogens with zero attached hydrogens (tertiary/aromatic N) is 1. The SMILES string of the molecule is CC.COc1ccc2c3c1O[C@H]1[C@@H](O)C=CC4C(C2)N(C)CCC341. The van der Waals surface area contributed by atoms with E-state index in [4.69, 9.17) is 9.47 Å². The molecule has 5 atom stereocenters. The summed E-state index contributed by atoms with van der Waals surface area (Å²) in [6.07, 6.45) is 5.54. The van der Waals surface area contributed by atoms with Gasteiger partial charge in [-0.1, -0.05) is 32.1 Å². The number of hydrogen-bond donors (Lipinski definition) is 1. The van der Waals surface area contributed by atoms with Gasteiger partial charge in [-0.3, -0.25) is 0 Å². The van der Waals surface area contributed by atoms with Crippen LogP contribution >= 0.6 is 0 Å². The van der Waals surface area contributed by atoms with Gasteiger partial charge in [-0.05, 0) is 38.1 Å². The number of likely N-dealkylation sites (N-methyl/N-ethyl adjacent to an activating group) is 1. The van der Waals surface area contributed by atoms with Crippen molar-refractivity contribution in [3.8, 4) is 11.5 Å². The zero-order chi connectivity index (χ0) is 17.1. The Kier molecular flexibility index (Phi) is 3.66. The minimum atomic E-state index is -0.539. The molecule has 1 aromatic carbocycles. The highest BCUT2D eigenvalue weighted by Gasteiger charge is 2.64. The van der Waals surface area contributed by atoms with Gasteiger partial charge in [0.1, 0.15) is 12.2 Å². The number of ether oxygens (including phenoxy) is 2. The molecule has 1 aromatic rings. The molecule has 0 radical (unpaired) electrons. The Bertz CT molecular complexity index is 686. The Morgan fingerprint density at radius 1 is 1.29 bits per heavy atom. The van der Waals surface area contributed by atoms with E-state index < -0.39 is 6.10 Å². The quantitative estimate of drug-likeness (QED) is 0.804. The van der Waals surface area contributed by atoms with Crippen LogP contribution in [0.4, 0.5) is 0 Å². The first-order chi connectivity index (χ1) is 11.7. The average molecular weight is 329 g/mol. The largest absolute Gasteiger partial charge is 0.493 e. The Morgan fingerprint density at radius 2 is 2.08 bits per heavy atom. The van der Waals surface area contributed by atoms with Crippen LogP contribution in [0.15, 0.2) is 24.3 Å². The van der Waals surface area contributed by atoms with Crippen molar-refractivity contribution in [2.45, 2.75) is 50.4 Å². The van der Waals surface area contributed by atoms with E-state index in [2.05, 4.69) is 24.1 Å². The molecule has 4 nitrogen and oxygen atoms in total. The van der Waals surface area contributed by atoms with E-state index in [-0.39, 0.29) is 11.5 Å². The number of hydrogen-bond acceptors (Lipinski definition) is 4. The molecule has 24 heavy (non-hydrogen) atoms. The van der Waals surface area contributed by atoms with E-state index in [1.165, 1.54) is 11.1 Å². The van der Waals surface area contributed by atoms with Gasteiger partial charge >= 0.3 is 0 Å². The van der Waals surface area contributed by atoms with Crippen LogP contribution in [0.5, 0.6) is 11.5 Å². The summed E-state index contributed by atoms with van der Waals surface area (Å²) in [5.74, 6) is 2.09. The fraction of sp³-hybridized carbons (Fsp3) is 0.600. The molecule has 0 aromatic heterocycles. The van der Waals surface area contributed by atoms with Gasteiger partial charge < -0.3 is 19.5 Å². The van der Waals surface area contributed by atoms with Gasteiger partial charge in [-0.25, -0.2) is 0 Å². The van der Waals surface area contributed by atoms with Gasteiger partial charge in [-0.15, -0.1) is 0 Å².